The number of piperidine rings is 1. The molecule has 2 atom stereocenters. The van der Waals surface area contributed by atoms with Crippen LogP contribution in [0.4, 0.5) is 5.95 Å². The van der Waals surface area contributed by atoms with Crippen molar-refractivity contribution in [2.24, 2.45) is 0 Å². The fourth-order valence-corrected chi connectivity index (χ4v) is 5.04. The molecule has 2 saturated heterocycles. The standard InChI is InChI=1S/C25H34N4O2/c1-3-21(4-1)29-14-9-23(10-15-29)31-22-7-5-19(6-8-22)20-11-16-30-24(17-20)18-28-25-26-12-2-13-27-25/h2,5-8,12-13,20-21,23-24H,1,3-4,9-11,14-18H2,(H,26,27,28). The molecule has 3 heterocycles. The van der Waals surface area contributed by atoms with E-state index in [1.807, 2.05) is 6.07 Å². The summed E-state index contributed by atoms with van der Waals surface area (Å²) in [6, 6.07) is 11.5. The van der Waals surface area contributed by atoms with E-state index in [1.165, 1.54) is 37.9 Å². The van der Waals surface area contributed by atoms with E-state index in [-0.39, 0.29) is 6.10 Å². The fraction of sp³-hybridized carbons (Fsp3) is 0.600. The zero-order valence-electron chi connectivity index (χ0n) is 18.3. The summed E-state index contributed by atoms with van der Waals surface area (Å²) in [5.74, 6) is 2.20. The van der Waals surface area contributed by atoms with Crippen molar-refractivity contribution in [2.45, 2.75) is 69.1 Å². The van der Waals surface area contributed by atoms with Gasteiger partial charge in [0, 0.05) is 44.7 Å². The van der Waals surface area contributed by atoms with Crippen molar-refractivity contribution >= 4 is 5.95 Å². The van der Waals surface area contributed by atoms with Crippen LogP contribution in [0.1, 0.15) is 56.4 Å². The van der Waals surface area contributed by atoms with Gasteiger partial charge in [0.2, 0.25) is 5.95 Å². The highest BCUT2D eigenvalue weighted by Gasteiger charge is 2.29. The normalized spacial score (nSPS) is 25.7. The van der Waals surface area contributed by atoms with Crippen LogP contribution in [0, 0.1) is 0 Å². The average Bonchev–Trinajstić information content (AvgIpc) is 2.79. The second kappa shape index (κ2) is 9.96. The summed E-state index contributed by atoms with van der Waals surface area (Å²) in [7, 11) is 0. The number of nitrogens with one attached hydrogen (secondary N) is 1. The molecule has 1 aliphatic carbocycles. The zero-order chi connectivity index (χ0) is 20.9. The summed E-state index contributed by atoms with van der Waals surface area (Å²) in [5.41, 5.74) is 1.39. The lowest BCUT2D eigenvalue weighted by Gasteiger charge is -2.41. The van der Waals surface area contributed by atoms with Crippen molar-refractivity contribution < 1.29 is 9.47 Å². The van der Waals surface area contributed by atoms with E-state index in [0.717, 1.165) is 50.6 Å². The smallest absolute Gasteiger partial charge is 0.222 e. The molecule has 3 fully saturated rings. The lowest BCUT2D eigenvalue weighted by molar-refractivity contribution is 0.0149. The number of hydrogen-bond acceptors (Lipinski definition) is 6. The molecular weight excluding hydrogens is 388 g/mol. The van der Waals surface area contributed by atoms with E-state index in [9.17, 15) is 0 Å². The first-order valence-corrected chi connectivity index (χ1v) is 12.0. The maximum Gasteiger partial charge on any atom is 0.222 e. The Bertz CT molecular complexity index is 804. The minimum absolute atomic E-state index is 0.180. The van der Waals surface area contributed by atoms with Crippen LogP contribution in [0.2, 0.25) is 0 Å². The summed E-state index contributed by atoms with van der Waals surface area (Å²) >= 11 is 0. The highest BCUT2D eigenvalue weighted by molar-refractivity contribution is 5.30. The quantitative estimate of drug-likeness (QED) is 0.720. The molecule has 0 radical (unpaired) electrons. The summed E-state index contributed by atoms with van der Waals surface area (Å²) in [6.45, 7) is 3.92. The lowest BCUT2D eigenvalue weighted by Crippen LogP contribution is -2.46. The molecule has 6 heteroatoms. The Morgan fingerprint density at radius 1 is 1.00 bits per heavy atom. The number of ether oxygens (including phenoxy) is 2. The largest absolute Gasteiger partial charge is 0.490 e. The first-order valence-electron chi connectivity index (χ1n) is 12.0. The van der Waals surface area contributed by atoms with Gasteiger partial charge in [-0.2, -0.15) is 0 Å². The monoisotopic (exact) mass is 422 g/mol. The maximum absolute atomic E-state index is 6.31. The van der Waals surface area contributed by atoms with Crippen LogP contribution in [-0.4, -0.2) is 59.4 Å². The summed E-state index contributed by atoms with van der Waals surface area (Å²) in [4.78, 5) is 11.1. The van der Waals surface area contributed by atoms with E-state index in [1.54, 1.807) is 12.4 Å². The number of likely N-dealkylation sites (tertiary alicyclic amines) is 1. The summed E-state index contributed by atoms with van der Waals surface area (Å²) < 4.78 is 12.3. The molecule has 5 rings (SSSR count). The molecule has 0 bridgehead atoms. The number of benzene rings is 1. The predicted molar refractivity (Wildman–Crippen MR) is 122 cm³/mol. The van der Waals surface area contributed by atoms with Gasteiger partial charge >= 0.3 is 0 Å². The highest BCUT2D eigenvalue weighted by atomic mass is 16.5. The first kappa shape index (κ1) is 20.7. The second-order valence-electron chi connectivity index (χ2n) is 9.17. The molecule has 1 aromatic heterocycles. The minimum Gasteiger partial charge on any atom is -0.490 e. The van der Waals surface area contributed by atoms with Crippen molar-refractivity contribution in [1.29, 1.82) is 0 Å². The van der Waals surface area contributed by atoms with Gasteiger partial charge in [0.1, 0.15) is 11.9 Å². The van der Waals surface area contributed by atoms with Gasteiger partial charge in [0.05, 0.1) is 6.10 Å². The zero-order valence-corrected chi connectivity index (χ0v) is 18.3. The third-order valence-electron chi connectivity index (χ3n) is 7.14. The van der Waals surface area contributed by atoms with Crippen LogP contribution >= 0.6 is 0 Å². The number of nitrogens with zero attached hydrogens (tertiary/aromatic N) is 3. The van der Waals surface area contributed by atoms with Crippen LogP contribution < -0.4 is 10.1 Å². The van der Waals surface area contributed by atoms with Gasteiger partial charge in [-0.25, -0.2) is 9.97 Å². The van der Waals surface area contributed by atoms with Gasteiger partial charge in [0.25, 0.3) is 0 Å². The Kier molecular flexibility index (Phi) is 6.65. The van der Waals surface area contributed by atoms with Crippen molar-refractivity contribution in [1.82, 2.24) is 14.9 Å². The van der Waals surface area contributed by atoms with E-state index < -0.39 is 0 Å². The van der Waals surface area contributed by atoms with E-state index >= 15 is 0 Å². The Labute approximate surface area is 185 Å². The predicted octanol–water partition coefficient (Wildman–Crippen LogP) is 4.25. The van der Waals surface area contributed by atoms with Gasteiger partial charge in [-0.1, -0.05) is 18.6 Å². The third-order valence-corrected chi connectivity index (χ3v) is 7.14. The van der Waals surface area contributed by atoms with Crippen LogP contribution in [0.5, 0.6) is 5.75 Å². The van der Waals surface area contributed by atoms with Crippen LogP contribution in [0.15, 0.2) is 42.7 Å². The topological polar surface area (TPSA) is 59.5 Å². The molecule has 0 amide bonds. The second-order valence-corrected chi connectivity index (χ2v) is 9.17. The summed E-state index contributed by atoms with van der Waals surface area (Å²) in [5, 5.41) is 3.29. The number of rotatable bonds is 7. The van der Waals surface area contributed by atoms with E-state index in [4.69, 9.17) is 9.47 Å². The highest BCUT2D eigenvalue weighted by Crippen LogP contribution is 2.32. The minimum atomic E-state index is 0.180. The van der Waals surface area contributed by atoms with Gasteiger partial charge < -0.3 is 19.7 Å². The maximum atomic E-state index is 6.31. The third kappa shape index (κ3) is 5.36. The molecule has 31 heavy (non-hydrogen) atoms. The molecule has 1 N–H and O–H groups in total. The molecule has 0 spiro atoms. The average molecular weight is 423 g/mol. The van der Waals surface area contributed by atoms with Gasteiger partial charge in [-0.15, -0.1) is 0 Å². The molecule has 1 saturated carbocycles. The van der Waals surface area contributed by atoms with Crippen molar-refractivity contribution in [3.05, 3.63) is 48.3 Å². The SMILES string of the molecule is c1cnc(NCC2CC(c3ccc(OC4CCN(C5CCC5)CC4)cc3)CCO2)nc1. The molecule has 6 nitrogen and oxygen atoms in total. The Balaban J connectivity index is 1.09. The van der Waals surface area contributed by atoms with Gasteiger partial charge in [-0.05, 0) is 68.2 Å². The van der Waals surface area contributed by atoms with Crippen molar-refractivity contribution in [2.75, 3.05) is 31.6 Å². The lowest BCUT2D eigenvalue weighted by atomic mass is 9.88. The van der Waals surface area contributed by atoms with E-state index in [2.05, 4.69) is 44.5 Å². The van der Waals surface area contributed by atoms with Crippen LogP contribution in [0.25, 0.3) is 0 Å². The van der Waals surface area contributed by atoms with Gasteiger partial charge in [-0.3, -0.25) is 0 Å². The summed E-state index contributed by atoms with van der Waals surface area (Å²) in [6.07, 6.45) is 12.6. The molecule has 2 aliphatic heterocycles. The van der Waals surface area contributed by atoms with Crippen LogP contribution in [-0.2, 0) is 4.74 Å². The number of aromatic nitrogens is 2. The Hall–Kier alpha value is -2.18. The number of anilines is 1. The molecule has 2 aromatic rings. The van der Waals surface area contributed by atoms with Gasteiger partial charge in [0.15, 0.2) is 0 Å². The Morgan fingerprint density at radius 3 is 2.48 bits per heavy atom. The van der Waals surface area contributed by atoms with Crippen molar-refractivity contribution in [3.63, 3.8) is 0 Å². The molecule has 166 valence electrons. The number of hydrogen-bond donors (Lipinski definition) is 1. The van der Waals surface area contributed by atoms with Crippen LogP contribution in [0.3, 0.4) is 0 Å². The molecule has 3 aliphatic rings. The van der Waals surface area contributed by atoms with E-state index in [0.29, 0.717) is 18.0 Å². The van der Waals surface area contributed by atoms with Crippen molar-refractivity contribution in [3.8, 4) is 5.75 Å². The first-order chi connectivity index (χ1) is 15.3. The molecule has 1 aromatic carbocycles. The molecular formula is C25H34N4O2. The Morgan fingerprint density at radius 2 is 1.77 bits per heavy atom. The molecule has 2 unspecified atom stereocenters. The fourth-order valence-electron chi connectivity index (χ4n) is 5.04.